The molecule has 0 fully saturated rings. The molecule has 0 radical (unpaired) electrons. The number of phenolic OH excluding ortho intramolecular Hbond substituents is 1. The van der Waals surface area contributed by atoms with E-state index in [1.807, 2.05) is 36.4 Å². The lowest BCUT2D eigenvalue weighted by Crippen LogP contribution is -1.92. The van der Waals surface area contributed by atoms with Gasteiger partial charge in [-0.05, 0) is 41.7 Å². The molecule has 0 atom stereocenters. The minimum absolute atomic E-state index is 0.376. The van der Waals surface area contributed by atoms with Gasteiger partial charge < -0.3 is 5.11 Å². The summed E-state index contributed by atoms with van der Waals surface area (Å²) in [6, 6.07) is 24.8. The Labute approximate surface area is 170 Å². The van der Waals surface area contributed by atoms with Crippen molar-refractivity contribution >= 4 is 0 Å². The maximum atomic E-state index is 11.0. The van der Waals surface area contributed by atoms with Gasteiger partial charge in [-0.3, -0.25) is 0 Å². The van der Waals surface area contributed by atoms with Crippen LogP contribution in [0.3, 0.4) is 0 Å². The first-order valence-electron chi connectivity index (χ1n) is 10.8. The van der Waals surface area contributed by atoms with Crippen LogP contribution in [0.2, 0.25) is 0 Å². The molecule has 0 saturated heterocycles. The molecule has 0 bridgehead atoms. The van der Waals surface area contributed by atoms with Crippen molar-refractivity contribution in [3.63, 3.8) is 0 Å². The Morgan fingerprint density at radius 1 is 0.607 bits per heavy atom. The number of aromatic hydroxyl groups is 1. The highest BCUT2D eigenvalue weighted by atomic mass is 16.3. The fraction of sp³-hybridized carbons (Fsp3) is 0.333. The molecule has 3 rings (SSSR count). The number of hydrogen-bond acceptors (Lipinski definition) is 1. The molecule has 1 N–H and O–H groups in total. The summed E-state index contributed by atoms with van der Waals surface area (Å²) < 4.78 is 0. The summed E-state index contributed by atoms with van der Waals surface area (Å²) in [4.78, 5) is 0. The molecular weight excluding hydrogens is 340 g/mol. The number of rotatable bonds is 10. The lowest BCUT2D eigenvalue weighted by Gasteiger charge is -2.14. The van der Waals surface area contributed by atoms with Crippen LogP contribution in [-0.4, -0.2) is 5.11 Å². The molecule has 146 valence electrons. The zero-order chi connectivity index (χ0) is 19.6. The zero-order valence-corrected chi connectivity index (χ0v) is 17.0. The van der Waals surface area contributed by atoms with E-state index in [2.05, 4.69) is 43.3 Å². The van der Waals surface area contributed by atoms with Crippen LogP contribution in [0.25, 0.3) is 22.3 Å². The quantitative estimate of drug-likeness (QED) is 0.357. The predicted octanol–water partition coefficient (Wildman–Crippen LogP) is 8.02. The fourth-order valence-corrected chi connectivity index (χ4v) is 3.80. The van der Waals surface area contributed by atoms with Gasteiger partial charge in [0.1, 0.15) is 5.75 Å². The number of benzene rings is 3. The van der Waals surface area contributed by atoms with E-state index in [0.717, 1.165) is 28.7 Å². The molecule has 1 heteroatoms. The van der Waals surface area contributed by atoms with Crippen molar-refractivity contribution in [2.45, 2.75) is 58.3 Å². The van der Waals surface area contributed by atoms with Gasteiger partial charge in [-0.15, -0.1) is 0 Å². The van der Waals surface area contributed by atoms with Crippen LogP contribution in [0, 0.1) is 0 Å². The summed E-state index contributed by atoms with van der Waals surface area (Å²) >= 11 is 0. The van der Waals surface area contributed by atoms with Gasteiger partial charge in [-0.25, -0.2) is 0 Å². The largest absolute Gasteiger partial charge is 0.507 e. The van der Waals surface area contributed by atoms with E-state index in [0.29, 0.717) is 5.75 Å². The van der Waals surface area contributed by atoms with Gasteiger partial charge in [0.2, 0.25) is 0 Å². The normalized spacial score (nSPS) is 10.9. The third-order valence-corrected chi connectivity index (χ3v) is 5.41. The van der Waals surface area contributed by atoms with Crippen molar-refractivity contribution in [1.82, 2.24) is 0 Å². The van der Waals surface area contributed by atoms with E-state index in [9.17, 15) is 5.11 Å². The lowest BCUT2D eigenvalue weighted by molar-refractivity contribution is 0.479. The van der Waals surface area contributed by atoms with Crippen LogP contribution in [-0.2, 0) is 6.42 Å². The van der Waals surface area contributed by atoms with Gasteiger partial charge in [0, 0.05) is 11.1 Å². The third-order valence-electron chi connectivity index (χ3n) is 5.41. The smallest absolute Gasteiger partial charge is 0.131 e. The zero-order valence-electron chi connectivity index (χ0n) is 17.0. The molecule has 0 amide bonds. The first-order chi connectivity index (χ1) is 13.8. The molecule has 3 aromatic rings. The monoisotopic (exact) mass is 372 g/mol. The molecule has 0 aromatic heterocycles. The van der Waals surface area contributed by atoms with Gasteiger partial charge in [-0.1, -0.05) is 106 Å². The summed E-state index contributed by atoms with van der Waals surface area (Å²) in [5, 5.41) is 11.0. The highest BCUT2D eigenvalue weighted by molar-refractivity contribution is 5.82. The highest BCUT2D eigenvalue weighted by Crippen LogP contribution is 2.39. The minimum Gasteiger partial charge on any atom is -0.507 e. The van der Waals surface area contributed by atoms with Crippen molar-refractivity contribution in [2.75, 3.05) is 0 Å². The third kappa shape index (κ3) is 5.48. The summed E-state index contributed by atoms with van der Waals surface area (Å²) in [5.41, 5.74) is 5.31. The fourth-order valence-electron chi connectivity index (χ4n) is 3.80. The van der Waals surface area contributed by atoms with Crippen molar-refractivity contribution in [3.8, 4) is 28.0 Å². The van der Waals surface area contributed by atoms with Crippen LogP contribution < -0.4 is 0 Å². The second-order valence-electron chi connectivity index (χ2n) is 7.64. The molecule has 28 heavy (non-hydrogen) atoms. The summed E-state index contributed by atoms with van der Waals surface area (Å²) in [6.07, 6.45) is 10.3. The molecule has 0 aliphatic carbocycles. The molecule has 1 nitrogen and oxygen atoms in total. The van der Waals surface area contributed by atoms with E-state index in [1.165, 1.54) is 50.5 Å². The van der Waals surface area contributed by atoms with Crippen molar-refractivity contribution in [2.24, 2.45) is 0 Å². The lowest BCUT2D eigenvalue weighted by atomic mass is 9.92. The molecule has 0 heterocycles. The SMILES string of the molecule is CCCCCCCCCc1cc(-c2ccccc2)c(O)c(-c2ccccc2)c1. The van der Waals surface area contributed by atoms with Gasteiger partial charge in [0.25, 0.3) is 0 Å². The maximum Gasteiger partial charge on any atom is 0.131 e. The molecule has 0 unspecified atom stereocenters. The van der Waals surface area contributed by atoms with Crippen molar-refractivity contribution in [1.29, 1.82) is 0 Å². The number of phenols is 1. The van der Waals surface area contributed by atoms with Crippen LogP contribution in [0.15, 0.2) is 72.8 Å². The van der Waals surface area contributed by atoms with Crippen LogP contribution >= 0.6 is 0 Å². The van der Waals surface area contributed by atoms with E-state index in [-0.39, 0.29) is 0 Å². The standard InChI is InChI=1S/C27H32O/c1-2-3-4-5-6-7-10-15-22-20-25(23-16-11-8-12-17-23)27(28)26(21-22)24-18-13-9-14-19-24/h8-9,11-14,16-21,28H,2-7,10,15H2,1H3. The average Bonchev–Trinajstić information content (AvgIpc) is 2.75. The Bertz CT molecular complexity index is 776. The Hall–Kier alpha value is -2.54. The predicted molar refractivity (Wildman–Crippen MR) is 121 cm³/mol. The highest BCUT2D eigenvalue weighted by Gasteiger charge is 2.13. The van der Waals surface area contributed by atoms with E-state index in [1.54, 1.807) is 0 Å². The van der Waals surface area contributed by atoms with Gasteiger partial charge >= 0.3 is 0 Å². The minimum atomic E-state index is 0.376. The van der Waals surface area contributed by atoms with Crippen LogP contribution in [0.4, 0.5) is 0 Å². The van der Waals surface area contributed by atoms with Crippen molar-refractivity contribution in [3.05, 3.63) is 78.4 Å². The van der Waals surface area contributed by atoms with E-state index >= 15 is 0 Å². The number of unbranched alkanes of at least 4 members (excludes halogenated alkanes) is 6. The molecule has 0 aliphatic heterocycles. The summed E-state index contributed by atoms with van der Waals surface area (Å²) in [7, 11) is 0. The van der Waals surface area contributed by atoms with Gasteiger partial charge in [-0.2, -0.15) is 0 Å². The van der Waals surface area contributed by atoms with E-state index in [4.69, 9.17) is 0 Å². The van der Waals surface area contributed by atoms with Gasteiger partial charge in [0.15, 0.2) is 0 Å². The topological polar surface area (TPSA) is 20.2 Å². The maximum absolute atomic E-state index is 11.0. The van der Waals surface area contributed by atoms with Gasteiger partial charge in [0.05, 0.1) is 0 Å². The van der Waals surface area contributed by atoms with Crippen LogP contribution in [0.5, 0.6) is 5.75 Å². The Kier molecular flexibility index (Phi) is 7.72. The molecule has 0 aliphatic rings. The number of aryl methyl sites for hydroxylation is 1. The Morgan fingerprint density at radius 2 is 1.07 bits per heavy atom. The summed E-state index contributed by atoms with van der Waals surface area (Å²) in [6.45, 7) is 2.26. The molecule has 0 spiro atoms. The van der Waals surface area contributed by atoms with Crippen LogP contribution in [0.1, 0.15) is 57.4 Å². The Balaban J connectivity index is 1.80. The molecule has 3 aromatic carbocycles. The summed E-state index contributed by atoms with van der Waals surface area (Å²) in [5.74, 6) is 0.376. The molecular formula is C27H32O. The second-order valence-corrected chi connectivity index (χ2v) is 7.64. The molecule has 0 saturated carbocycles. The second kappa shape index (κ2) is 10.7. The number of hydrogen-bond donors (Lipinski definition) is 1. The first kappa shape index (κ1) is 20.2. The van der Waals surface area contributed by atoms with E-state index < -0.39 is 0 Å². The van der Waals surface area contributed by atoms with Crippen molar-refractivity contribution < 1.29 is 5.11 Å². The average molecular weight is 373 g/mol. The Morgan fingerprint density at radius 3 is 1.57 bits per heavy atom. The first-order valence-corrected chi connectivity index (χ1v) is 10.8.